The van der Waals surface area contributed by atoms with Gasteiger partial charge in [-0.2, -0.15) is 5.26 Å². The van der Waals surface area contributed by atoms with Crippen LogP contribution >= 0.6 is 0 Å². The molecule has 2 rings (SSSR count). The van der Waals surface area contributed by atoms with E-state index in [1.807, 2.05) is 26.0 Å². The summed E-state index contributed by atoms with van der Waals surface area (Å²) in [4.78, 5) is 11.7. The molecule has 0 saturated heterocycles. The Bertz CT molecular complexity index is 760. The summed E-state index contributed by atoms with van der Waals surface area (Å²) in [6, 6.07) is 13.1. The number of anilines is 1. The smallest absolute Gasteiger partial charge is 0.161 e. The number of nitrogens with zero attached hydrogens (tertiary/aromatic N) is 1. The summed E-state index contributed by atoms with van der Waals surface area (Å²) < 4.78 is 5.53. The fraction of sp³-hybridized carbons (Fsp3) is 0.263. The van der Waals surface area contributed by atoms with Gasteiger partial charge < -0.3 is 10.1 Å². The van der Waals surface area contributed by atoms with Crippen molar-refractivity contribution in [2.75, 3.05) is 11.9 Å². The van der Waals surface area contributed by atoms with E-state index in [0.717, 1.165) is 16.9 Å². The van der Waals surface area contributed by atoms with Crippen molar-refractivity contribution in [3.8, 4) is 11.8 Å². The van der Waals surface area contributed by atoms with Crippen LogP contribution in [0.4, 0.5) is 5.69 Å². The Hall–Kier alpha value is -2.80. The van der Waals surface area contributed by atoms with E-state index in [4.69, 9.17) is 10.00 Å². The molecule has 0 aliphatic carbocycles. The lowest BCUT2D eigenvalue weighted by Gasteiger charge is -2.13. The van der Waals surface area contributed by atoms with E-state index >= 15 is 0 Å². The first-order valence-electron chi connectivity index (χ1n) is 7.56. The fourth-order valence-electron chi connectivity index (χ4n) is 2.40. The molecule has 0 spiro atoms. The van der Waals surface area contributed by atoms with Gasteiger partial charge in [-0.3, -0.25) is 4.79 Å². The second-order valence-electron chi connectivity index (χ2n) is 5.31. The molecule has 0 aliphatic rings. The summed E-state index contributed by atoms with van der Waals surface area (Å²) in [5.74, 6) is 0.854. The average molecular weight is 308 g/mol. The summed E-state index contributed by atoms with van der Waals surface area (Å²) >= 11 is 0. The van der Waals surface area contributed by atoms with E-state index in [0.29, 0.717) is 30.0 Å². The maximum Gasteiger partial charge on any atom is 0.161 e. The maximum atomic E-state index is 11.7. The second kappa shape index (κ2) is 7.46. The summed E-state index contributed by atoms with van der Waals surface area (Å²) in [7, 11) is 0. The first kappa shape index (κ1) is 16.6. The van der Waals surface area contributed by atoms with Crippen LogP contribution < -0.4 is 10.1 Å². The third-order valence-electron chi connectivity index (χ3n) is 3.55. The van der Waals surface area contributed by atoms with Crippen LogP contribution in [0.15, 0.2) is 36.4 Å². The van der Waals surface area contributed by atoms with Crippen molar-refractivity contribution in [1.82, 2.24) is 0 Å². The number of carbonyl (C=O) groups is 1. The Morgan fingerprint density at radius 2 is 2.04 bits per heavy atom. The lowest BCUT2D eigenvalue weighted by molar-refractivity contribution is 0.101. The summed E-state index contributed by atoms with van der Waals surface area (Å²) in [6.07, 6.45) is 0. The minimum absolute atomic E-state index is 0.0279. The number of hydrogen-bond acceptors (Lipinski definition) is 4. The van der Waals surface area contributed by atoms with E-state index in [2.05, 4.69) is 17.5 Å². The van der Waals surface area contributed by atoms with Crippen LogP contribution in [-0.2, 0) is 6.54 Å². The minimum Gasteiger partial charge on any atom is -0.494 e. The highest BCUT2D eigenvalue weighted by molar-refractivity contribution is 5.99. The Labute approximate surface area is 136 Å². The van der Waals surface area contributed by atoms with Gasteiger partial charge in [-0.05, 0) is 56.2 Å². The quantitative estimate of drug-likeness (QED) is 0.817. The van der Waals surface area contributed by atoms with E-state index in [1.165, 1.54) is 6.92 Å². The molecule has 4 nitrogen and oxygen atoms in total. The van der Waals surface area contributed by atoms with Crippen molar-refractivity contribution >= 4 is 11.5 Å². The first-order chi connectivity index (χ1) is 11.0. The van der Waals surface area contributed by atoms with Crippen LogP contribution in [0.5, 0.6) is 5.75 Å². The molecule has 0 amide bonds. The van der Waals surface area contributed by atoms with Crippen molar-refractivity contribution in [3.05, 3.63) is 58.7 Å². The molecule has 118 valence electrons. The second-order valence-corrected chi connectivity index (χ2v) is 5.31. The monoisotopic (exact) mass is 308 g/mol. The first-order valence-corrected chi connectivity index (χ1v) is 7.56. The van der Waals surface area contributed by atoms with E-state index in [1.54, 1.807) is 18.2 Å². The summed E-state index contributed by atoms with van der Waals surface area (Å²) in [5.41, 5.74) is 3.96. The Kier molecular flexibility index (Phi) is 5.37. The van der Waals surface area contributed by atoms with Crippen molar-refractivity contribution in [2.24, 2.45) is 0 Å². The Balaban J connectivity index is 2.19. The lowest BCUT2D eigenvalue weighted by Crippen LogP contribution is -2.06. The lowest BCUT2D eigenvalue weighted by atomic mass is 10.1. The van der Waals surface area contributed by atoms with Gasteiger partial charge in [0.2, 0.25) is 0 Å². The van der Waals surface area contributed by atoms with Gasteiger partial charge in [0, 0.05) is 17.8 Å². The van der Waals surface area contributed by atoms with Crippen LogP contribution in [0, 0.1) is 18.3 Å². The number of hydrogen-bond donors (Lipinski definition) is 1. The molecule has 0 unspecified atom stereocenters. The average Bonchev–Trinajstić information content (AvgIpc) is 2.54. The fourth-order valence-corrected chi connectivity index (χ4v) is 2.40. The van der Waals surface area contributed by atoms with Gasteiger partial charge in [0.25, 0.3) is 0 Å². The molecule has 23 heavy (non-hydrogen) atoms. The van der Waals surface area contributed by atoms with Crippen LogP contribution in [0.2, 0.25) is 0 Å². The van der Waals surface area contributed by atoms with Crippen LogP contribution in [0.3, 0.4) is 0 Å². The van der Waals surface area contributed by atoms with Crippen LogP contribution in [-0.4, -0.2) is 12.4 Å². The molecule has 0 bridgehead atoms. The number of Topliss-reactive ketones (excluding diaryl/α,β-unsaturated/α-hetero) is 1. The Morgan fingerprint density at radius 1 is 1.26 bits per heavy atom. The van der Waals surface area contributed by atoms with Gasteiger partial charge in [-0.1, -0.05) is 12.1 Å². The van der Waals surface area contributed by atoms with Crippen LogP contribution in [0.1, 0.15) is 40.9 Å². The molecular weight excluding hydrogens is 288 g/mol. The molecule has 1 N–H and O–H groups in total. The maximum absolute atomic E-state index is 11.7. The minimum atomic E-state index is -0.0279. The number of benzene rings is 2. The van der Waals surface area contributed by atoms with Gasteiger partial charge >= 0.3 is 0 Å². The number of nitriles is 1. The molecule has 0 aromatic heterocycles. The molecular formula is C19H20N2O2. The van der Waals surface area contributed by atoms with Gasteiger partial charge in [0.15, 0.2) is 5.78 Å². The molecule has 0 atom stereocenters. The van der Waals surface area contributed by atoms with Crippen LogP contribution in [0.25, 0.3) is 0 Å². The predicted molar refractivity (Wildman–Crippen MR) is 90.8 cm³/mol. The van der Waals surface area contributed by atoms with E-state index < -0.39 is 0 Å². The van der Waals surface area contributed by atoms with Gasteiger partial charge in [0.05, 0.1) is 18.2 Å². The number of ketones is 1. The molecule has 0 fully saturated rings. The molecule has 2 aromatic carbocycles. The number of ether oxygens (including phenoxy) is 1. The molecule has 2 aromatic rings. The zero-order chi connectivity index (χ0) is 16.8. The SMILES string of the molecule is CCOc1ccc(CNc2cc(C#N)ccc2C(C)=O)cc1C. The van der Waals surface area contributed by atoms with Gasteiger partial charge in [-0.25, -0.2) is 0 Å². The summed E-state index contributed by atoms with van der Waals surface area (Å²) in [6.45, 7) is 6.70. The number of carbonyl (C=O) groups excluding carboxylic acids is 1. The summed E-state index contributed by atoms with van der Waals surface area (Å²) in [5, 5.41) is 12.3. The third kappa shape index (κ3) is 4.10. The van der Waals surface area contributed by atoms with E-state index in [-0.39, 0.29) is 5.78 Å². The van der Waals surface area contributed by atoms with Crippen molar-refractivity contribution in [2.45, 2.75) is 27.3 Å². The highest BCUT2D eigenvalue weighted by Gasteiger charge is 2.09. The Morgan fingerprint density at radius 3 is 2.65 bits per heavy atom. The normalized spacial score (nSPS) is 10.0. The highest BCUT2D eigenvalue weighted by atomic mass is 16.5. The molecule has 0 aliphatic heterocycles. The standard InChI is InChI=1S/C19H20N2O2/c1-4-23-19-8-6-16(9-13(19)2)12-21-18-10-15(11-20)5-7-17(18)14(3)22/h5-10,21H,4,12H2,1-3H3. The number of aryl methyl sites for hydroxylation is 1. The predicted octanol–water partition coefficient (Wildman–Crippen LogP) is 4.08. The van der Waals surface area contributed by atoms with Gasteiger partial charge in [-0.15, -0.1) is 0 Å². The van der Waals surface area contributed by atoms with E-state index in [9.17, 15) is 4.79 Å². The number of rotatable bonds is 6. The topological polar surface area (TPSA) is 62.1 Å². The molecule has 4 heteroatoms. The number of nitrogens with one attached hydrogen (secondary N) is 1. The van der Waals surface area contributed by atoms with Crippen molar-refractivity contribution in [3.63, 3.8) is 0 Å². The molecule has 0 saturated carbocycles. The zero-order valence-corrected chi connectivity index (χ0v) is 13.6. The van der Waals surface area contributed by atoms with Gasteiger partial charge in [0.1, 0.15) is 5.75 Å². The largest absolute Gasteiger partial charge is 0.494 e. The van der Waals surface area contributed by atoms with Crippen molar-refractivity contribution < 1.29 is 9.53 Å². The third-order valence-corrected chi connectivity index (χ3v) is 3.55. The highest BCUT2D eigenvalue weighted by Crippen LogP contribution is 2.22. The zero-order valence-electron chi connectivity index (χ0n) is 13.6. The van der Waals surface area contributed by atoms with Crippen molar-refractivity contribution in [1.29, 1.82) is 5.26 Å². The molecule has 0 heterocycles. The molecule has 0 radical (unpaired) electrons.